The van der Waals surface area contributed by atoms with Crippen LogP contribution in [0, 0.1) is 11.6 Å². The van der Waals surface area contributed by atoms with Gasteiger partial charge in [0, 0.05) is 31.3 Å². The van der Waals surface area contributed by atoms with Crippen LogP contribution in [0.25, 0.3) is 0 Å². The second kappa shape index (κ2) is 9.76. The van der Waals surface area contributed by atoms with Crippen LogP contribution in [0.5, 0.6) is 5.75 Å². The van der Waals surface area contributed by atoms with Crippen LogP contribution in [0.1, 0.15) is 22.8 Å². The molecule has 2 aromatic rings. The predicted molar refractivity (Wildman–Crippen MR) is 109 cm³/mol. The summed E-state index contributed by atoms with van der Waals surface area (Å²) >= 11 is 5.42. The smallest absolute Gasteiger partial charge is 0.169 e. The van der Waals surface area contributed by atoms with E-state index in [9.17, 15) is 13.6 Å². The Bertz CT molecular complexity index is 894. The van der Waals surface area contributed by atoms with Crippen LogP contribution in [0.4, 0.5) is 8.78 Å². The molecule has 8 heteroatoms. The maximum absolute atomic E-state index is 13.9. The van der Waals surface area contributed by atoms with E-state index in [1.54, 1.807) is 24.3 Å². The Kier molecular flexibility index (Phi) is 7.11. The molecule has 1 aliphatic rings. The first-order valence-corrected chi connectivity index (χ1v) is 9.66. The van der Waals surface area contributed by atoms with Gasteiger partial charge in [0.05, 0.1) is 12.2 Å². The maximum atomic E-state index is 13.9. The molecule has 1 heterocycles. The zero-order valence-corrected chi connectivity index (χ0v) is 16.8. The molecule has 1 saturated heterocycles. The second-order valence-electron chi connectivity index (χ2n) is 6.70. The van der Waals surface area contributed by atoms with Gasteiger partial charge < -0.3 is 19.7 Å². The van der Waals surface area contributed by atoms with Crippen LogP contribution in [0.2, 0.25) is 0 Å². The number of halogens is 2. The van der Waals surface area contributed by atoms with Crippen LogP contribution in [-0.4, -0.2) is 48.2 Å². The van der Waals surface area contributed by atoms with Gasteiger partial charge >= 0.3 is 0 Å². The van der Waals surface area contributed by atoms with Crippen molar-refractivity contribution < 1.29 is 23.0 Å². The first-order valence-electron chi connectivity index (χ1n) is 9.25. The number of carbonyl (C=O) groups excluding carboxylic acids is 1. The van der Waals surface area contributed by atoms with Gasteiger partial charge in [-0.2, -0.15) is 0 Å². The van der Waals surface area contributed by atoms with E-state index in [2.05, 4.69) is 5.32 Å². The van der Waals surface area contributed by atoms with Crippen molar-refractivity contribution in [2.75, 3.05) is 26.3 Å². The van der Waals surface area contributed by atoms with E-state index in [0.717, 1.165) is 0 Å². The average Bonchev–Trinajstić information content (AvgIpc) is 2.71. The second-order valence-corrected chi connectivity index (χ2v) is 7.08. The van der Waals surface area contributed by atoms with Gasteiger partial charge in [0.25, 0.3) is 0 Å². The van der Waals surface area contributed by atoms with Crippen molar-refractivity contribution in [1.29, 1.82) is 0 Å². The van der Waals surface area contributed by atoms with E-state index in [0.29, 0.717) is 42.7 Å². The standard InChI is InChI=1S/C21H22F2N2O3S/c1-14(26)18-7-6-16(10-20(18)23)28-13-17-12-25(8-9-27-17)21(29)24-11-15-4-2-3-5-19(15)22/h2-7,10,17H,8-9,11-13H2,1H3,(H,24,29). The summed E-state index contributed by atoms with van der Waals surface area (Å²) in [6.45, 7) is 3.40. The Labute approximate surface area is 173 Å². The quantitative estimate of drug-likeness (QED) is 0.572. The van der Waals surface area contributed by atoms with Crippen molar-refractivity contribution in [2.45, 2.75) is 19.6 Å². The molecule has 0 radical (unpaired) electrons. The van der Waals surface area contributed by atoms with Crippen LogP contribution < -0.4 is 10.1 Å². The van der Waals surface area contributed by atoms with E-state index in [-0.39, 0.29) is 29.9 Å². The lowest BCUT2D eigenvalue weighted by molar-refractivity contribution is -0.0288. The molecule has 29 heavy (non-hydrogen) atoms. The number of nitrogens with one attached hydrogen (secondary N) is 1. The third-order valence-electron chi connectivity index (χ3n) is 4.57. The third-order valence-corrected chi connectivity index (χ3v) is 4.97. The number of rotatable bonds is 6. The number of benzene rings is 2. The average molecular weight is 420 g/mol. The number of ether oxygens (including phenoxy) is 2. The number of thiocarbonyl (C=S) groups is 1. The molecule has 0 spiro atoms. The van der Waals surface area contributed by atoms with Crippen LogP contribution in [0.15, 0.2) is 42.5 Å². The minimum absolute atomic E-state index is 0.0312. The highest BCUT2D eigenvalue weighted by Gasteiger charge is 2.23. The molecule has 1 aliphatic heterocycles. The van der Waals surface area contributed by atoms with Crippen LogP contribution in [-0.2, 0) is 11.3 Å². The van der Waals surface area contributed by atoms with Crippen molar-refractivity contribution in [3.05, 3.63) is 65.2 Å². The number of morpholine rings is 1. The first-order chi connectivity index (χ1) is 13.9. The molecule has 0 aromatic heterocycles. The Morgan fingerprint density at radius 1 is 1.28 bits per heavy atom. The number of carbonyl (C=O) groups is 1. The zero-order chi connectivity index (χ0) is 20.8. The summed E-state index contributed by atoms with van der Waals surface area (Å²) < 4.78 is 38.9. The van der Waals surface area contributed by atoms with Crippen molar-refractivity contribution in [3.63, 3.8) is 0 Å². The minimum Gasteiger partial charge on any atom is -0.491 e. The van der Waals surface area contributed by atoms with Crippen molar-refractivity contribution >= 4 is 23.1 Å². The van der Waals surface area contributed by atoms with Crippen LogP contribution in [0.3, 0.4) is 0 Å². The molecule has 0 aliphatic carbocycles. The Morgan fingerprint density at radius 3 is 2.79 bits per heavy atom. The number of nitrogens with zero attached hydrogens (tertiary/aromatic N) is 1. The third kappa shape index (κ3) is 5.71. The molecule has 2 aromatic carbocycles. The fourth-order valence-corrected chi connectivity index (χ4v) is 3.23. The SMILES string of the molecule is CC(=O)c1ccc(OCC2CN(C(=S)NCc3ccccc3F)CCO2)cc1F. The summed E-state index contributed by atoms with van der Waals surface area (Å²) in [6.07, 6.45) is -0.257. The highest BCUT2D eigenvalue weighted by atomic mass is 32.1. The van der Waals surface area contributed by atoms with E-state index in [1.807, 2.05) is 4.90 Å². The molecule has 0 bridgehead atoms. The molecule has 154 valence electrons. The van der Waals surface area contributed by atoms with Crippen molar-refractivity contribution in [1.82, 2.24) is 10.2 Å². The molecule has 5 nitrogen and oxygen atoms in total. The Morgan fingerprint density at radius 2 is 2.07 bits per heavy atom. The van der Waals surface area contributed by atoms with Crippen LogP contribution >= 0.6 is 12.2 Å². The van der Waals surface area contributed by atoms with Gasteiger partial charge in [-0.15, -0.1) is 0 Å². The summed E-state index contributed by atoms with van der Waals surface area (Å²) in [4.78, 5) is 13.2. The summed E-state index contributed by atoms with van der Waals surface area (Å²) in [5, 5.41) is 3.58. The van der Waals surface area contributed by atoms with Gasteiger partial charge in [-0.05, 0) is 37.3 Å². The molecule has 1 N–H and O–H groups in total. The maximum Gasteiger partial charge on any atom is 0.169 e. The van der Waals surface area contributed by atoms with E-state index >= 15 is 0 Å². The normalized spacial score (nSPS) is 16.4. The Hall–Kier alpha value is -2.58. The van der Waals surface area contributed by atoms with E-state index in [4.69, 9.17) is 21.7 Å². The molecule has 0 saturated carbocycles. The van der Waals surface area contributed by atoms with E-state index in [1.165, 1.54) is 25.1 Å². The highest BCUT2D eigenvalue weighted by Crippen LogP contribution is 2.18. The number of Topliss-reactive ketones (excluding diaryl/α,β-unsaturated/α-hetero) is 1. The lowest BCUT2D eigenvalue weighted by atomic mass is 10.1. The van der Waals surface area contributed by atoms with Gasteiger partial charge in [-0.25, -0.2) is 8.78 Å². The number of ketones is 1. The molecule has 1 fully saturated rings. The molecular formula is C21H22F2N2O3S. The minimum atomic E-state index is -0.611. The molecule has 0 amide bonds. The zero-order valence-electron chi connectivity index (χ0n) is 16.0. The summed E-state index contributed by atoms with van der Waals surface area (Å²) in [5.41, 5.74) is 0.572. The van der Waals surface area contributed by atoms with E-state index < -0.39 is 5.82 Å². The summed E-state index contributed by atoms with van der Waals surface area (Å²) in [6, 6.07) is 10.7. The Balaban J connectivity index is 1.50. The fourth-order valence-electron chi connectivity index (χ4n) is 2.99. The largest absolute Gasteiger partial charge is 0.491 e. The van der Waals surface area contributed by atoms with Crippen molar-refractivity contribution in [3.8, 4) is 5.75 Å². The number of hydrogen-bond donors (Lipinski definition) is 1. The lowest BCUT2D eigenvalue weighted by Crippen LogP contribution is -2.50. The topological polar surface area (TPSA) is 50.8 Å². The van der Waals surface area contributed by atoms with Gasteiger partial charge in [-0.1, -0.05) is 18.2 Å². The molecule has 1 atom stereocenters. The van der Waals surface area contributed by atoms with Gasteiger partial charge in [0.15, 0.2) is 10.9 Å². The van der Waals surface area contributed by atoms with Gasteiger partial charge in [0.1, 0.15) is 30.1 Å². The fraction of sp³-hybridized carbons (Fsp3) is 0.333. The summed E-state index contributed by atoms with van der Waals surface area (Å²) in [5.74, 6) is -0.899. The molecule has 1 unspecified atom stereocenters. The van der Waals surface area contributed by atoms with Gasteiger partial charge in [0.2, 0.25) is 0 Å². The van der Waals surface area contributed by atoms with Crippen molar-refractivity contribution in [2.24, 2.45) is 0 Å². The summed E-state index contributed by atoms with van der Waals surface area (Å²) in [7, 11) is 0. The highest BCUT2D eigenvalue weighted by molar-refractivity contribution is 7.80. The predicted octanol–water partition coefficient (Wildman–Crippen LogP) is 3.32. The first kappa shape index (κ1) is 21.1. The molecular weight excluding hydrogens is 398 g/mol. The lowest BCUT2D eigenvalue weighted by Gasteiger charge is -2.34. The number of hydrogen-bond acceptors (Lipinski definition) is 4. The van der Waals surface area contributed by atoms with Gasteiger partial charge in [-0.3, -0.25) is 4.79 Å². The molecule has 3 rings (SSSR count). The monoisotopic (exact) mass is 420 g/mol.